The van der Waals surface area contributed by atoms with Gasteiger partial charge in [-0.25, -0.2) is 13.1 Å². The average molecular weight is 207 g/mol. The molecular weight excluding hydrogens is 190 g/mol. The van der Waals surface area contributed by atoms with Gasteiger partial charge in [-0.1, -0.05) is 12.8 Å². The van der Waals surface area contributed by atoms with Crippen LogP contribution in [0.1, 0.15) is 25.7 Å². The van der Waals surface area contributed by atoms with Gasteiger partial charge in [0.15, 0.2) is 0 Å². The number of hydrogen-bond donors (Lipinski definition) is 2. The van der Waals surface area contributed by atoms with Crippen molar-refractivity contribution in [3.05, 3.63) is 0 Å². The smallest absolute Gasteiger partial charge is 0.211 e. The lowest BCUT2D eigenvalue weighted by Crippen LogP contribution is -2.31. The van der Waals surface area contributed by atoms with Crippen LogP contribution in [-0.2, 0) is 10.0 Å². The fourth-order valence-corrected chi connectivity index (χ4v) is 3.22. The van der Waals surface area contributed by atoms with Crippen molar-refractivity contribution in [1.82, 2.24) is 4.72 Å². The fourth-order valence-electron chi connectivity index (χ4n) is 1.75. The maximum absolute atomic E-state index is 11.3. The molecule has 78 valence electrons. The quantitative estimate of drug-likeness (QED) is 0.671. The molecule has 0 atom stereocenters. The van der Waals surface area contributed by atoms with Crippen molar-refractivity contribution in [3.8, 4) is 0 Å². The molecule has 1 saturated carbocycles. The molecule has 0 unspecified atom stereocenters. The molecule has 1 aliphatic carbocycles. The third-order valence-electron chi connectivity index (χ3n) is 2.36. The Morgan fingerprint density at radius 1 is 1.31 bits per heavy atom. The molecule has 0 amide bonds. The van der Waals surface area contributed by atoms with E-state index in [1.165, 1.54) is 0 Å². The van der Waals surface area contributed by atoms with Gasteiger partial charge in [-0.05, 0) is 18.8 Å². The Morgan fingerprint density at radius 3 is 2.46 bits per heavy atom. The van der Waals surface area contributed by atoms with E-state index in [0.29, 0.717) is 5.92 Å². The van der Waals surface area contributed by atoms with Gasteiger partial charge < -0.3 is 5.11 Å². The third kappa shape index (κ3) is 4.06. The highest BCUT2D eigenvalue weighted by Gasteiger charge is 2.21. The number of nitrogens with one attached hydrogen (secondary N) is 1. The minimum absolute atomic E-state index is 0.134. The second kappa shape index (κ2) is 4.93. The molecule has 0 spiro atoms. The van der Waals surface area contributed by atoms with Crippen LogP contribution in [0.4, 0.5) is 0 Å². The fraction of sp³-hybridized carbons (Fsp3) is 1.00. The van der Waals surface area contributed by atoms with Crippen molar-refractivity contribution in [2.24, 2.45) is 5.92 Å². The molecule has 13 heavy (non-hydrogen) atoms. The molecule has 0 aromatic heterocycles. The predicted molar refractivity (Wildman–Crippen MR) is 50.8 cm³/mol. The van der Waals surface area contributed by atoms with Crippen LogP contribution in [0.3, 0.4) is 0 Å². The lowest BCUT2D eigenvalue weighted by molar-refractivity contribution is 0.301. The highest BCUT2D eigenvalue weighted by Crippen LogP contribution is 2.25. The summed E-state index contributed by atoms with van der Waals surface area (Å²) in [6.07, 6.45) is 4.36. The normalized spacial score (nSPS) is 19.5. The first kappa shape index (κ1) is 10.9. The second-order valence-corrected chi connectivity index (χ2v) is 5.40. The van der Waals surface area contributed by atoms with Gasteiger partial charge in [0.25, 0.3) is 0 Å². The van der Waals surface area contributed by atoms with E-state index in [9.17, 15) is 8.42 Å². The van der Waals surface area contributed by atoms with Crippen molar-refractivity contribution in [3.63, 3.8) is 0 Å². The van der Waals surface area contributed by atoms with Gasteiger partial charge in [-0.2, -0.15) is 0 Å². The Labute approximate surface area is 79.4 Å². The highest BCUT2D eigenvalue weighted by molar-refractivity contribution is 7.89. The summed E-state index contributed by atoms with van der Waals surface area (Å²) < 4.78 is 25.0. The van der Waals surface area contributed by atoms with E-state index < -0.39 is 10.0 Å². The molecule has 2 N–H and O–H groups in total. The third-order valence-corrected chi connectivity index (χ3v) is 3.92. The van der Waals surface area contributed by atoms with Crippen molar-refractivity contribution in [2.45, 2.75) is 25.7 Å². The van der Waals surface area contributed by atoms with Gasteiger partial charge in [0.2, 0.25) is 10.0 Å². The molecule has 0 aliphatic heterocycles. The SMILES string of the molecule is O=S(=O)(CC1CCCC1)NCCO. The molecule has 1 fully saturated rings. The van der Waals surface area contributed by atoms with Crippen LogP contribution in [0, 0.1) is 5.92 Å². The topological polar surface area (TPSA) is 66.4 Å². The molecule has 0 aromatic carbocycles. The first-order valence-corrected chi connectivity index (χ1v) is 6.37. The van der Waals surface area contributed by atoms with Crippen LogP contribution in [0.25, 0.3) is 0 Å². The van der Waals surface area contributed by atoms with E-state index in [0.717, 1.165) is 25.7 Å². The second-order valence-electron chi connectivity index (χ2n) is 3.55. The van der Waals surface area contributed by atoms with E-state index in [1.54, 1.807) is 0 Å². The first-order valence-electron chi connectivity index (χ1n) is 4.72. The van der Waals surface area contributed by atoms with Gasteiger partial charge >= 0.3 is 0 Å². The van der Waals surface area contributed by atoms with E-state index in [-0.39, 0.29) is 18.9 Å². The Morgan fingerprint density at radius 2 is 1.92 bits per heavy atom. The predicted octanol–water partition coefficient (Wildman–Crippen LogP) is 0.0883. The minimum atomic E-state index is -3.14. The number of rotatable bonds is 5. The number of aliphatic hydroxyl groups is 1. The van der Waals surface area contributed by atoms with Gasteiger partial charge in [0.1, 0.15) is 0 Å². The van der Waals surface area contributed by atoms with E-state index >= 15 is 0 Å². The van der Waals surface area contributed by atoms with Crippen LogP contribution in [-0.4, -0.2) is 32.4 Å². The minimum Gasteiger partial charge on any atom is -0.395 e. The Bertz CT molecular complexity index is 232. The molecule has 1 aliphatic rings. The molecule has 4 nitrogen and oxygen atoms in total. The molecular formula is C8H17NO3S. The van der Waals surface area contributed by atoms with Crippen molar-refractivity contribution in [2.75, 3.05) is 18.9 Å². The Kier molecular flexibility index (Phi) is 4.15. The maximum atomic E-state index is 11.3. The summed E-state index contributed by atoms with van der Waals surface area (Å²) in [5.74, 6) is 0.559. The standard InChI is InChI=1S/C8H17NO3S/c10-6-5-9-13(11,12)7-8-3-1-2-4-8/h8-10H,1-7H2. The zero-order valence-corrected chi connectivity index (χ0v) is 8.52. The summed E-state index contributed by atoms with van der Waals surface area (Å²) in [7, 11) is -3.14. The number of hydrogen-bond acceptors (Lipinski definition) is 3. The molecule has 0 saturated heterocycles. The van der Waals surface area contributed by atoms with Gasteiger partial charge in [-0.3, -0.25) is 0 Å². The maximum Gasteiger partial charge on any atom is 0.211 e. The van der Waals surface area contributed by atoms with Crippen LogP contribution in [0.2, 0.25) is 0 Å². The van der Waals surface area contributed by atoms with Gasteiger partial charge in [0, 0.05) is 6.54 Å². The summed E-state index contributed by atoms with van der Waals surface area (Å²) in [4.78, 5) is 0. The summed E-state index contributed by atoms with van der Waals surface area (Å²) in [6.45, 7) is -0.00104. The van der Waals surface area contributed by atoms with E-state index in [4.69, 9.17) is 5.11 Å². The lowest BCUT2D eigenvalue weighted by Gasteiger charge is -2.09. The molecule has 0 heterocycles. The highest BCUT2D eigenvalue weighted by atomic mass is 32.2. The first-order chi connectivity index (χ1) is 6.14. The van der Waals surface area contributed by atoms with Gasteiger partial charge in [-0.15, -0.1) is 0 Å². The zero-order chi connectivity index (χ0) is 9.73. The molecule has 0 bridgehead atoms. The Balaban J connectivity index is 2.32. The van der Waals surface area contributed by atoms with Crippen LogP contribution >= 0.6 is 0 Å². The van der Waals surface area contributed by atoms with Gasteiger partial charge in [0.05, 0.1) is 12.4 Å². The molecule has 1 rings (SSSR count). The van der Waals surface area contributed by atoms with Crippen LogP contribution in [0.5, 0.6) is 0 Å². The number of aliphatic hydroxyl groups excluding tert-OH is 1. The molecule has 0 radical (unpaired) electrons. The zero-order valence-electron chi connectivity index (χ0n) is 7.70. The summed E-state index contributed by atoms with van der Waals surface area (Å²) in [5.41, 5.74) is 0. The van der Waals surface area contributed by atoms with Crippen molar-refractivity contribution >= 4 is 10.0 Å². The van der Waals surface area contributed by atoms with Crippen molar-refractivity contribution in [1.29, 1.82) is 0 Å². The summed E-state index contributed by atoms with van der Waals surface area (Å²) >= 11 is 0. The monoisotopic (exact) mass is 207 g/mol. The summed E-state index contributed by atoms with van der Waals surface area (Å²) in [6, 6.07) is 0. The average Bonchev–Trinajstić information content (AvgIpc) is 2.52. The van der Waals surface area contributed by atoms with E-state index in [1.807, 2.05) is 0 Å². The van der Waals surface area contributed by atoms with Crippen molar-refractivity contribution < 1.29 is 13.5 Å². The van der Waals surface area contributed by atoms with Crippen LogP contribution < -0.4 is 4.72 Å². The molecule has 0 aromatic rings. The Hall–Kier alpha value is -0.130. The lowest BCUT2D eigenvalue weighted by atomic mass is 10.1. The van der Waals surface area contributed by atoms with E-state index in [2.05, 4.69) is 4.72 Å². The number of sulfonamides is 1. The molecule has 5 heteroatoms. The largest absolute Gasteiger partial charge is 0.395 e. The van der Waals surface area contributed by atoms with Crippen LogP contribution in [0.15, 0.2) is 0 Å². The summed E-state index contributed by atoms with van der Waals surface area (Å²) in [5, 5.41) is 8.46.